The van der Waals surface area contributed by atoms with Crippen molar-refractivity contribution in [1.29, 1.82) is 0 Å². The summed E-state index contributed by atoms with van der Waals surface area (Å²) in [6.07, 6.45) is 1.66. The Morgan fingerprint density at radius 3 is 2.72 bits per heavy atom. The topological polar surface area (TPSA) is 102 Å². The normalized spacial score (nSPS) is 15.3. The van der Waals surface area contributed by atoms with Crippen LogP contribution in [-0.4, -0.2) is 21.9 Å². The molecule has 3 aromatic rings. The van der Waals surface area contributed by atoms with Crippen molar-refractivity contribution in [3.05, 3.63) is 56.8 Å². The zero-order valence-electron chi connectivity index (χ0n) is 15.4. The first-order valence-electron chi connectivity index (χ1n) is 8.57. The third-order valence-corrected chi connectivity index (χ3v) is 5.64. The predicted molar refractivity (Wildman–Crippen MR) is 113 cm³/mol. The van der Waals surface area contributed by atoms with E-state index in [0.717, 1.165) is 5.39 Å². The number of amides is 1. The highest BCUT2D eigenvalue weighted by atomic mass is 32.2. The highest BCUT2D eigenvalue weighted by Gasteiger charge is 2.22. The average molecular weight is 429 g/mol. The van der Waals surface area contributed by atoms with E-state index in [4.69, 9.17) is 25.8 Å². The number of rotatable bonds is 4. The molecule has 0 unspecified atom stereocenters. The van der Waals surface area contributed by atoms with Crippen molar-refractivity contribution in [1.82, 2.24) is 5.32 Å². The Bertz CT molecular complexity index is 1250. The van der Waals surface area contributed by atoms with Crippen LogP contribution in [0.4, 0.5) is 0 Å². The van der Waals surface area contributed by atoms with Gasteiger partial charge < -0.3 is 24.0 Å². The Labute approximate surface area is 174 Å². The fourth-order valence-corrected chi connectivity index (χ4v) is 3.86. The van der Waals surface area contributed by atoms with Crippen LogP contribution in [0.1, 0.15) is 11.1 Å². The highest BCUT2D eigenvalue weighted by molar-refractivity contribution is 8.26. The molecule has 29 heavy (non-hydrogen) atoms. The fourth-order valence-electron chi connectivity index (χ4n) is 2.86. The van der Waals surface area contributed by atoms with Crippen LogP contribution < -0.4 is 15.7 Å². The van der Waals surface area contributed by atoms with E-state index in [1.807, 2.05) is 0 Å². The van der Waals surface area contributed by atoms with Gasteiger partial charge in [0, 0.05) is 10.9 Å². The lowest BCUT2D eigenvalue weighted by atomic mass is 10.1. The van der Waals surface area contributed by atoms with Crippen LogP contribution in [0.3, 0.4) is 0 Å². The van der Waals surface area contributed by atoms with E-state index in [2.05, 4.69) is 5.32 Å². The van der Waals surface area contributed by atoms with E-state index in [0.29, 0.717) is 31.9 Å². The van der Waals surface area contributed by atoms with Crippen LogP contribution in [0.2, 0.25) is 0 Å². The molecule has 1 aliphatic rings. The molecule has 3 heterocycles. The Hall–Kier alpha value is -3.04. The molecule has 9 heteroatoms. The predicted octanol–water partition coefficient (Wildman–Crippen LogP) is 3.79. The number of thiocarbonyl (C=S) groups is 1. The summed E-state index contributed by atoms with van der Waals surface area (Å²) in [7, 11) is 0. The van der Waals surface area contributed by atoms with Crippen LogP contribution in [0.15, 0.2) is 48.9 Å². The molecule has 0 spiro atoms. The summed E-state index contributed by atoms with van der Waals surface area (Å²) in [6.45, 7) is 3.35. The second-order valence-corrected chi connectivity index (χ2v) is 8.07. The van der Waals surface area contributed by atoms with Crippen LogP contribution in [0, 0.1) is 13.8 Å². The highest BCUT2D eigenvalue weighted by Crippen LogP contribution is 2.34. The van der Waals surface area contributed by atoms with E-state index >= 15 is 0 Å². The number of fused-ring (bicyclic) bond motifs is 1. The summed E-state index contributed by atoms with van der Waals surface area (Å²) in [5.74, 6) is 0.759. The average Bonchev–Trinajstić information content (AvgIpc) is 3.25. The fraction of sp³-hybridized carbons (Fsp3) is 0.150. The number of carbonyl (C=O) groups is 1. The molecule has 0 radical (unpaired) electrons. The van der Waals surface area contributed by atoms with Gasteiger partial charge in [-0.05, 0) is 44.2 Å². The zero-order valence-corrected chi connectivity index (χ0v) is 17.0. The molecule has 1 aromatic carbocycles. The van der Waals surface area contributed by atoms with Crippen molar-refractivity contribution in [2.45, 2.75) is 13.8 Å². The Morgan fingerprint density at radius 1 is 1.21 bits per heavy atom. The van der Waals surface area contributed by atoms with Crippen LogP contribution >= 0.6 is 24.0 Å². The first kappa shape index (κ1) is 19.3. The number of hydrogen-bond donors (Lipinski definition) is 2. The van der Waals surface area contributed by atoms with Crippen molar-refractivity contribution in [3.8, 4) is 23.0 Å². The number of nitrogens with one attached hydrogen (secondary N) is 1. The quantitative estimate of drug-likeness (QED) is 0.477. The standard InChI is InChI=1S/C20H15NO6S2/c1-9-16(22)10(2)19(24)27-17(9)14-8-11-7-12(3-4-13(11)26-14)25-6-5-15-18(23)21-20(28)29-15/h3-5,7-8,22H,6H2,1-2H3,(H,21,23,28). The molecule has 1 amide bonds. The third kappa shape index (κ3) is 3.66. The Balaban J connectivity index is 1.59. The lowest BCUT2D eigenvalue weighted by Gasteiger charge is -2.05. The number of benzene rings is 1. The van der Waals surface area contributed by atoms with E-state index in [-0.39, 0.29) is 29.6 Å². The summed E-state index contributed by atoms with van der Waals surface area (Å²) >= 11 is 6.14. The van der Waals surface area contributed by atoms with Gasteiger partial charge in [-0.2, -0.15) is 0 Å². The molecule has 2 aromatic heterocycles. The summed E-state index contributed by atoms with van der Waals surface area (Å²) in [5.41, 5.74) is 0.536. The molecule has 148 valence electrons. The van der Waals surface area contributed by atoms with Gasteiger partial charge in [-0.1, -0.05) is 24.0 Å². The van der Waals surface area contributed by atoms with Gasteiger partial charge in [0.2, 0.25) is 0 Å². The maximum Gasteiger partial charge on any atom is 0.343 e. The van der Waals surface area contributed by atoms with E-state index in [1.54, 1.807) is 37.3 Å². The largest absolute Gasteiger partial charge is 0.507 e. The SMILES string of the molecule is Cc1c(-c2cc3cc(OCC=C4SC(=S)NC4=O)ccc3o2)oc(=O)c(C)c1O. The van der Waals surface area contributed by atoms with E-state index in [1.165, 1.54) is 18.7 Å². The minimum Gasteiger partial charge on any atom is -0.507 e. The van der Waals surface area contributed by atoms with Gasteiger partial charge in [-0.15, -0.1) is 0 Å². The van der Waals surface area contributed by atoms with Crippen LogP contribution in [0.5, 0.6) is 11.5 Å². The molecule has 0 aliphatic carbocycles. The molecular formula is C20H15NO6S2. The van der Waals surface area contributed by atoms with Gasteiger partial charge in [-0.25, -0.2) is 4.79 Å². The molecule has 0 bridgehead atoms. The van der Waals surface area contributed by atoms with Crippen molar-refractivity contribution in [3.63, 3.8) is 0 Å². The molecular weight excluding hydrogens is 414 g/mol. The smallest absolute Gasteiger partial charge is 0.343 e. The van der Waals surface area contributed by atoms with E-state index < -0.39 is 5.63 Å². The van der Waals surface area contributed by atoms with Gasteiger partial charge in [0.05, 0.1) is 10.5 Å². The van der Waals surface area contributed by atoms with Crippen molar-refractivity contribution in [2.75, 3.05) is 6.61 Å². The molecule has 2 N–H and O–H groups in total. The minimum atomic E-state index is -0.617. The second kappa shape index (κ2) is 7.41. The van der Waals surface area contributed by atoms with Gasteiger partial charge in [0.25, 0.3) is 5.91 Å². The summed E-state index contributed by atoms with van der Waals surface area (Å²) in [6, 6.07) is 6.94. The summed E-state index contributed by atoms with van der Waals surface area (Å²) < 4.78 is 17.2. The lowest BCUT2D eigenvalue weighted by Crippen LogP contribution is -2.17. The number of carbonyl (C=O) groups excluding carboxylic acids is 1. The number of aromatic hydroxyl groups is 1. The van der Waals surface area contributed by atoms with Crippen LogP contribution in [-0.2, 0) is 4.79 Å². The summed E-state index contributed by atoms with van der Waals surface area (Å²) in [4.78, 5) is 24.0. The number of hydrogen-bond acceptors (Lipinski definition) is 8. The monoisotopic (exact) mass is 429 g/mol. The molecule has 0 atom stereocenters. The zero-order chi connectivity index (χ0) is 20.7. The van der Waals surface area contributed by atoms with Gasteiger partial charge >= 0.3 is 5.63 Å². The maximum absolute atomic E-state index is 11.9. The molecule has 1 fully saturated rings. The van der Waals surface area contributed by atoms with Gasteiger partial charge in [0.15, 0.2) is 11.5 Å². The molecule has 1 aliphatic heterocycles. The molecule has 4 rings (SSSR count). The van der Waals surface area contributed by atoms with Gasteiger partial charge in [0.1, 0.15) is 28.0 Å². The number of thioether (sulfide) groups is 1. The third-order valence-electron chi connectivity index (χ3n) is 4.42. The van der Waals surface area contributed by atoms with Crippen LogP contribution in [0.25, 0.3) is 22.5 Å². The Morgan fingerprint density at radius 2 is 2.00 bits per heavy atom. The second-order valence-electron chi connectivity index (χ2n) is 6.35. The van der Waals surface area contributed by atoms with Crippen molar-refractivity contribution >= 4 is 45.2 Å². The van der Waals surface area contributed by atoms with Crippen molar-refractivity contribution in [2.24, 2.45) is 0 Å². The maximum atomic E-state index is 11.9. The number of furan rings is 1. The first-order valence-corrected chi connectivity index (χ1v) is 9.79. The minimum absolute atomic E-state index is 0.109. The summed E-state index contributed by atoms with van der Waals surface area (Å²) in [5, 5.41) is 13.4. The number of ether oxygens (including phenoxy) is 1. The van der Waals surface area contributed by atoms with Gasteiger partial charge in [-0.3, -0.25) is 4.79 Å². The molecule has 0 saturated carbocycles. The first-order chi connectivity index (χ1) is 13.8. The molecule has 7 nitrogen and oxygen atoms in total. The van der Waals surface area contributed by atoms with Crippen molar-refractivity contribution < 1.29 is 23.5 Å². The van der Waals surface area contributed by atoms with E-state index in [9.17, 15) is 14.7 Å². The Kier molecular flexibility index (Phi) is 4.93. The lowest BCUT2D eigenvalue weighted by molar-refractivity contribution is -0.115. The molecule has 1 saturated heterocycles.